The molecule has 1 saturated heterocycles. The van der Waals surface area contributed by atoms with Crippen LogP contribution in [0.25, 0.3) is 0 Å². The molecular formula is C19H31NO6. The van der Waals surface area contributed by atoms with Crippen molar-refractivity contribution in [3.63, 3.8) is 0 Å². The molecule has 26 heavy (non-hydrogen) atoms. The summed E-state index contributed by atoms with van der Waals surface area (Å²) >= 11 is 0. The molecule has 2 fully saturated rings. The third-order valence-corrected chi connectivity index (χ3v) is 4.67. The quantitative estimate of drug-likeness (QED) is 0.604. The molecule has 1 saturated carbocycles. The van der Waals surface area contributed by atoms with Crippen LogP contribution in [0.2, 0.25) is 0 Å². The predicted octanol–water partition coefficient (Wildman–Crippen LogP) is 3.30. The molecule has 0 radical (unpaired) electrons. The summed E-state index contributed by atoms with van der Waals surface area (Å²) in [5.41, 5.74) is -0.617. The predicted molar refractivity (Wildman–Crippen MR) is 94.1 cm³/mol. The van der Waals surface area contributed by atoms with Gasteiger partial charge >= 0.3 is 18.0 Å². The van der Waals surface area contributed by atoms with Gasteiger partial charge in [-0.1, -0.05) is 19.3 Å². The highest BCUT2D eigenvalue weighted by Gasteiger charge is 2.45. The van der Waals surface area contributed by atoms with E-state index in [2.05, 4.69) is 5.32 Å². The van der Waals surface area contributed by atoms with Crippen molar-refractivity contribution in [2.24, 2.45) is 11.8 Å². The fourth-order valence-corrected chi connectivity index (χ4v) is 3.55. The first-order chi connectivity index (χ1) is 12.0. The van der Waals surface area contributed by atoms with Gasteiger partial charge in [0.25, 0.3) is 5.79 Å². The topological polar surface area (TPSA) is 90.9 Å². The third-order valence-electron chi connectivity index (χ3n) is 4.67. The first-order valence-electron chi connectivity index (χ1n) is 9.42. The molecule has 7 nitrogen and oxygen atoms in total. The van der Waals surface area contributed by atoms with Crippen molar-refractivity contribution < 1.29 is 28.6 Å². The average molecular weight is 369 g/mol. The summed E-state index contributed by atoms with van der Waals surface area (Å²) in [6.07, 6.45) is 4.83. The van der Waals surface area contributed by atoms with Gasteiger partial charge in [-0.25, -0.2) is 4.79 Å². The highest BCUT2D eigenvalue weighted by Crippen LogP contribution is 2.32. The third kappa shape index (κ3) is 5.88. The second-order valence-electron chi connectivity index (χ2n) is 8.68. The van der Waals surface area contributed by atoms with Crippen molar-refractivity contribution in [3.8, 4) is 0 Å². The minimum Gasteiger partial charge on any atom is -0.444 e. The number of carbonyl (C=O) groups is 3. The van der Waals surface area contributed by atoms with Gasteiger partial charge in [0, 0.05) is 19.9 Å². The Kier molecular flexibility index (Phi) is 6.19. The van der Waals surface area contributed by atoms with Gasteiger partial charge in [0.1, 0.15) is 5.60 Å². The van der Waals surface area contributed by atoms with Crippen LogP contribution in [-0.4, -0.2) is 35.5 Å². The summed E-state index contributed by atoms with van der Waals surface area (Å²) < 4.78 is 15.8. The average Bonchev–Trinajstić information content (AvgIpc) is 2.47. The lowest BCUT2D eigenvalue weighted by molar-refractivity contribution is -0.240. The van der Waals surface area contributed by atoms with Gasteiger partial charge < -0.3 is 19.5 Å². The number of alkyl carbamates (subject to hydrolysis) is 1. The Labute approximate surface area is 155 Å². The van der Waals surface area contributed by atoms with Crippen LogP contribution in [0.15, 0.2) is 0 Å². The normalized spacial score (nSPS) is 23.0. The molecule has 0 aromatic heterocycles. The SMILES string of the molecule is CC(C)(C)OC(=O)N[C@@H](CC1C(=O)OC(C)(C)OC1=O)C1CCCCC1. The van der Waals surface area contributed by atoms with Crippen LogP contribution in [-0.2, 0) is 23.8 Å². The molecular weight excluding hydrogens is 338 g/mol. The number of ether oxygens (including phenoxy) is 3. The molecule has 0 spiro atoms. The largest absolute Gasteiger partial charge is 0.444 e. The minimum atomic E-state index is -1.25. The number of hydrogen-bond donors (Lipinski definition) is 1. The molecule has 0 aromatic rings. The second-order valence-corrected chi connectivity index (χ2v) is 8.68. The molecule has 2 rings (SSSR count). The van der Waals surface area contributed by atoms with E-state index < -0.39 is 35.3 Å². The molecule has 0 unspecified atom stereocenters. The highest BCUT2D eigenvalue weighted by atomic mass is 16.7. The maximum absolute atomic E-state index is 12.3. The molecule has 1 amide bonds. The molecule has 0 aromatic carbocycles. The van der Waals surface area contributed by atoms with Crippen LogP contribution in [0.3, 0.4) is 0 Å². The zero-order valence-electron chi connectivity index (χ0n) is 16.4. The smallest absolute Gasteiger partial charge is 0.407 e. The Bertz CT molecular complexity index is 525. The van der Waals surface area contributed by atoms with E-state index >= 15 is 0 Å². The van der Waals surface area contributed by atoms with Crippen molar-refractivity contribution in [3.05, 3.63) is 0 Å². The van der Waals surface area contributed by atoms with Crippen molar-refractivity contribution in [2.75, 3.05) is 0 Å². The van der Waals surface area contributed by atoms with Crippen LogP contribution in [0.4, 0.5) is 4.79 Å². The summed E-state index contributed by atoms with van der Waals surface area (Å²) in [5, 5.41) is 2.88. The lowest BCUT2D eigenvalue weighted by atomic mass is 9.80. The van der Waals surface area contributed by atoms with Crippen molar-refractivity contribution in [2.45, 2.75) is 90.6 Å². The molecule has 2 aliphatic rings. The molecule has 7 heteroatoms. The lowest BCUT2D eigenvalue weighted by Gasteiger charge is -2.36. The standard InChI is InChI=1S/C19H31NO6/c1-18(2,3)26-17(23)20-14(12-9-7-6-8-10-12)11-13-15(21)24-19(4,5)25-16(13)22/h12-14H,6-11H2,1-5H3,(H,20,23)/t14-/m0/s1. The zero-order chi connectivity index (χ0) is 19.5. The Balaban J connectivity index is 2.09. The zero-order valence-corrected chi connectivity index (χ0v) is 16.4. The van der Waals surface area contributed by atoms with Gasteiger partial charge in [0.05, 0.1) is 0 Å². The van der Waals surface area contributed by atoms with Crippen LogP contribution in [0, 0.1) is 11.8 Å². The molecule has 1 heterocycles. The number of cyclic esters (lactones) is 2. The van der Waals surface area contributed by atoms with E-state index in [4.69, 9.17) is 14.2 Å². The Morgan fingerprint density at radius 2 is 1.69 bits per heavy atom. The Morgan fingerprint density at radius 1 is 1.15 bits per heavy atom. The maximum atomic E-state index is 12.3. The summed E-state index contributed by atoms with van der Waals surface area (Å²) in [4.78, 5) is 36.8. The first-order valence-corrected chi connectivity index (χ1v) is 9.42. The minimum absolute atomic E-state index is 0.164. The van der Waals surface area contributed by atoms with E-state index in [9.17, 15) is 14.4 Å². The second kappa shape index (κ2) is 7.84. The van der Waals surface area contributed by atoms with Crippen LogP contribution < -0.4 is 5.32 Å². The number of nitrogens with one attached hydrogen (secondary N) is 1. The highest BCUT2D eigenvalue weighted by molar-refractivity contribution is 5.96. The number of esters is 2. The van der Waals surface area contributed by atoms with Gasteiger partial charge in [-0.15, -0.1) is 0 Å². The summed E-state index contributed by atoms with van der Waals surface area (Å²) in [5.74, 6) is -3.27. The van der Waals surface area contributed by atoms with Gasteiger partial charge in [-0.2, -0.15) is 0 Å². The molecule has 1 N–H and O–H groups in total. The number of carbonyl (C=O) groups excluding carboxylic acids is 3. The molecule has 0 bridgehead atoms. The van der Waals surface area contributed by atoms with E-state index in [0.717, 1.165) is 32.1 Å². The maximum Gasteiger partial charge on any atom is 0.407 e. The summed E-state index contributed by atoms with van der Waals surface area (Å²) in [7, 11) is 0. The fourth-order valence-electron chi connectivity index (χ4n) is 3.55. The van der Waals surface area contributed by atoms with E-state index in [0.29, 0.717) is 0 Å². The van der Waals surface area contributed by atoms with Gasteiger partial charge in [-0.3, -0.25) is 9.59 Å². The van der Waals surface area contributed by atoms with Crippen LogP contribution >= 0.6 is 0 Å². The van der Waals surface area contributed by atoms with Crippen LogP contribution in [0.1, 0.15) is 73.1 Å². The number of rotatable bonds is 4. The molecule has 1 aliphatic heterocycles. The van der Waals surface area contributed by atoms with Gasteiger partial charge in [0.2, 0.25) is 0 Å². The first kappa shape index (κ1) is 20.5. The summed E-state index contributed by atoms with van der Waals surface area (Å²) in [6, 6.07) is -0.337. The van der Waals surface area contributed by atoms with E-state index in [1.807, 2.05) is 0 Å². The van der Waals surface area contributed by atoms with Crippen molar-refractivity contribution in [1.82, 2.24) is 5.32 Å². The summed E-state index contributed by atoms with van der Waals surface area (Å²) in [6.45, 7) is 8.42. The van der Waals surface area contributed by atoms with Crippen LogP contribution in [0.5, 0.6) is 0 Å². The molecule has 148 valence electrons. The molecule has 1 aliphatic carbocycles. The van der Waals surface area contributed by atoms with E-state index in [1.54, 1.807) is 20.8 Å². The van der Waals surface area contributed by atoms with Crippen molar-refractivity contribution in [1.29, 1.82) is 0 Å². The Morgan fingerprint density at radius 3 is 2.19 bits per heavy atom. The van der Waals surface area contributed by atoms with E-state index in [1.165, 1.54) is 13.8 Å². The van der Waals surface area contributed by atoms with Gasteiger partial charge in [0.15, 0.2) is 5.92 Å². The monoisotopic (exact) mass is 369 g/mol. The Hall–Kier alpha value is -1.79. The van der Waals surface area contributed by atoms with E-state index in [-0.39, 0.29) is 18.4 Å². The number of amides is 1. The van der Waals surface area contributed by atoms with Crippen molar-refractivity contribution >= 4 is 18.0 Å². The van der Waals surface area contributed by atoms with Gasteiger partial charge in [-0.05, 0) is 46.0 Å². The number of hydrogen-bond acceptors (Lipinski definition) is 6. The fraction of sp³-hybridized carbons (Fsp3) is 0.842. The molecule has 1 atom stereocenters. The lowest BCUT2D eigenvalue weighted by Crippen LogP contribution is -2.51.